The fraction of sp³-hybridized carbons (Fsp3) is 0.259. The van der Waals surface area contributed by atoms with Crippen molar-refractivity contribution >= 4 is 35.2 Å². The number of benzene rings is 2. The molecule has 0 radical (unpaired) electrons. The second kappa shape index (κ2) is 12.2. The molecule has 0 saturated heterocycles. The fourth-order valence-electron chi connectivity index (χ4n) is 3.80. The monoisotopic (exact) mass is 510 g/mol. The topological polar surface area (TPSA) is 115 Å². The van der Waals surface area contributed by atoms with Gasteiger partial charge in [-0.3, -0.25) is 14.4 Å². The van der Waals surface area contributed by atoms with Crippen LogP contribution in [0.25, 0.3) is 0 Å². The quantitative estimate of drug-likeness (QED) is 0.300. The number of nitrogens with one attached hydrogen (secondary N) is 2. The van der Waals surface area contributed by atoms with Crippen LogP contribution in [-0.4, -0.2) is 41.8 Å². The standard InChI is InChI=1S/C27H27ClN2O6/c1-4-35-27(34)24-16(2)25(29-17(24)3)22(31)15-36-23(32)14-21(18-10-6-5-7-11-18)30-26(33)19-12-8-9-13-20(19)28/h5-13,21,29H,4,14-15H2,1-3H3,(H,30,33). The summed E-state index contributed by atoms with van der Waals surface area (Å²) >= 11 is 6.14. The maximum absolute atomic E-state index is 12.8. The molecule has 2 N–H and O–H groups in total. The Bertz CT molecular complexity index is 1270. The number of ether oxygens (including phenoxy) is 2. The molecule has 1 heterocycles. The lowest BCUT2D eigenvalue weighted by atomic mass is 10.0. The van der Waals surface area contributed by atoms with E-state index in [1.807, 2.05) is 6.07 Å². The van der Waals surface area contributed by atoms with E-state index in [0.29, 0.717) is 16.8 Å². The summed E-state index contributed by atoms with van der Waals surface area (Å²) in [7, 11) is 0. The molecule has 36 heavy (non-hydrogen) atoms. The van der Waals surface area contributed by atoms with E-state index in [1.54, 1.807) is 69.3 Å². The third kappa shape index (κ3) is 6.40. The Morgan fingerprint density at radius 3 is 2.31 bits per heavy atom. The Kier molecular flexibility index (Phi) is 9.02. The summed E-state index contributed by atoms with van der Waals surface area (Å²) in [5.74, 6) is -2.14. The second-order valence-electron chi connectivity index (χ2n) is 8.05. The van der Waals surface area contributed by atoms with E-state index < -0.39 is 36.3 Å². The lowest BCUT2D eigenvalue weighted by Crippen LogP contribution is -2.31. The minimum absolute atomic E-state index is 0.176. The minimum atomic E-state index is -0.706. The molecule has 0 bridgehead atoms. The number of aromatic amines is 1. The number of esters is 2. The summed E-state index contributed by atoms with van der Waals surface area (Å²) < 4.78 is 10.3. The zero-order valence-electron chi connectivity index (χ0n) is 20.2. The molecule has 0 saturated carbocycles. The number of ketones is 1. The van der Waals surface area contributed by atoms with Crippen LogP contribution in [0.5, 0.6) is 0 Å². The van der Waals surface area contributed by atoms with Crippen LogP contribution in [0.4, 0.5) is 0 Å². The first-order valence-electron chi connectivity index (χ1n) is 11.4. The number of carbonyl (C=O) groups excluding carboxylic acids is 4. The first-order valence-corrected chi connectivity index (χ1v) is 11.8. The number of carbonyl (C=O) groups is 4. The molecule has 3 aromatic rings. The highest BCUT2D eigenvalue weighted by Crippen LogP contribution is 2.22. The average Bonchev–Trinajstić information content (AvgIpc) is 3.16. The van der Waals surface area contributed by atoms with Gasteiger partial charge in [0.25, 0.3) is 5.91 Å². The van der Waals surface area contributed by atoms with Crippen molar-refractivity contribution in [3.63, 3.8) is 0 Å². The Morgan fingerprint density at radius 2 is 1.64 bits per heavy atom. The fourth-order valence-corrected chi connectivity index (χ4v) is 4.02. The normalized spacial score (nSPS) is 11.4. The van der Waals surface area contributed by atoms with E-state index in [0.717, 1.165) is 0 Å². The molecular weight excluding hydrogens is 484 g/mol. The van der Waals surface area contributed by atoms with Crippen molar-refractivity contribution in [2.45, 2.75) is 33.2 Å². The van der Waals surface area contributed by atoms with Gasteiger partial charge < -0.3 is 19.8 Å². The van der Waals surface area contributed by atoms with Gasteiger partial charge in [0.05, 0.1) is 40.9 Å². The summed E-state index contributed by atoms with van der Waals surface area (Å²) in [5.41, 5.74) is 2.36. The van der Waals surface area contributed by atoms with Crippen LogP contribution < -0.4 is 5.32 Å². The highest BCUT2D eigenvalue weighted by molar-refractivity contribution is 6.33. The summed E-state index contributed by atoms with van der Waals surface area (Å²) in [6.45, 7) is 4.66. The minimum Gasteiger partial charge on any atom is -0.462 e. The number of halogens is 1. The largest absolute Gasteiger partial charge is 0.462 e. The van der Waals surface area contributed by atoms with Gasteiger partial charge in [0.15, 0.2) is 6.61 Å². The smallest absolute Gasteiger partial charge is 0.340 e. The van der Waals surface area contributed by atoms with Crippen LogP contribution in [0, 0.1) is 13.8 Å². The number of aryl methyl sites for hydroxylation is 1. The summed E-state index contributed by atoms with van der Waals surface area (Å²) in [4.78, 5) is 53.3. The van der Waals surface area contributed by atoms with Crippen LogP contribution in [-0.2, 0) is 14.3 Å². The Hall–Kier alpha value is -3.91. The van der Waals surface area contributed by atoms with Crippen LogP contribution in [0.1, 0.15) is 67.4 Å². The van der Waals surface area contributed by atoms with Gasteiger partial charge in [-0.1, -0.05) is 54.1 Å². The third-order valence-corrected chi connectivity index (χ3v) is 5.89. The first-order chi connectivity index (χ1) is 17.2. The molecule has 8 nitrogen and oxygen atoms in total. The lowest BCUT2D eigenvalue weighted by molar-refractivity contribution is -0.143. The van der Waals surface area contributed by atoms with E-state index in [9.17, 15) is 19.2 Å². The van der Waals surface area contributed by atoms with Crippen molar-refractivity contribution in [3.05, 3.63) is 93.3 Å². The van der Waals surface area contributed by atoms with E-state index in [2.05, 4.69) is 10.3 Å². The predicted molar refractivity (Wildman–Crippen MR) is 134 cm³/mol. The van der Waals surface area contributed by atoms with Gasteiger partial charge in [0.1, 0.15) is 0 Å². The molecule has 0 spiro atoms. The van der Waals surface area contributed by atoms with Gasteiger partial charge in [-0.05, 0) is 44.0 Å². The number of hydrogen-bond acceptors (Lipinski definition) is 6. The molecule has 3 rings (SSSR count). The molecule has 0 aliphatic carbocycles. The predicted octanol–water partition coefficient (Wildman–Crippen LogP) is 4.75. The maximum Gasteiger partial charge on any atom is 0.340 e. The SMILES string of the molecule is CCOC(=O)c1c(C)[nH]c(C(=O)COC(=O)CC(NC(=O)c2ccccc2Cl)c2ccccc2)c1C. The molecular formula is C27H27ClN2O6. The van der Waals surface area contributed by atoms with Crippen molar-refractivity contribution in [2.24, 2.45) is 0 Å². The van der Waals surface area contributed by atoms with E-state index in [-0.39, 0.29) is 34.9 Å². The molecule has 1 unspecified atom stereocenters. The maximum atomic E-state index is 12.8. The van der Waals surface area contributed by atoms with Crippen molar-refractivity contribution < 1.29 is 28.7 Å². The van der Waals surface area contributed by atoms with Gasteiger partial charge in [-0.25, -0.2) is 4.79 Å². The van der Waals surface area contributed by atoms with Gasteiger partial charge in [0.2, 0.25) is 5.78 Å². The highest BCUT2D eigenvalue weighted by atomic mass is 35.5. The molecule has 0 fully saturated rings. The van der Waals surface area contributed by atoms with Gasteiger partial charge in [0, 0.05) is 5.69 Å². The summed E-state index contributed by atoms with van der Waals surface area (Å²) in [5, 5.41) is 3.10. The Labute approximate surface area is 213 Å². The van der Waals surface area contributed by atoms with Crippen LogP contribution in [0.3, 0.4) is 0 Å². The van der Waals surface area contributed by atoms with Crippen molar-refractivity contribution in [1.29, 1.82) is 0 Å². The molecule has 1 amide bonds. The van der Waals surface area contributed by atoms with Crippen molar-refractivity contribution in [2.75, 3.05) is 13.2 Å². The van der Waals surface area contributed by atoms with Gasteiger partial charge in [-0.2, -0.15) is 0 Å². The molecule has 0 aliphatic heterocycles. The highest BCUT2D eigenvalue weighted by Gasteiger charge is 2.25. The number of H-pyrrole nitrogens is 1. The number of rotatable bonds is 10. The van der Waals surface area contributed by atoms with E-state index in [4.69, 9.17) is 21.1 Å². The number of hydrogen-bond donors (Lipinski definition) is 2. The zero-order chi connectivity index (χ0) is 26.2. The van der Waals surface area contributed by atoms with E-state index >= 15 is 0 Å². The number of Topliss-reactive ketones (excluding diaryl/α,β-unsaturated/α-hetero) is 1. The molecule has 188 valence electrons. The number of aromatic nitrogens is 1. The van der Waals surface area contributed by atoms with Crippen LogP contribution >= 0.6 is 11.6 Å². The Balaban J connectivity index is 1.69. The summed E-state index contributed by atoms with van der Waals surface area (Å²) in [6.07, 6.45) is -0.204. The summed E-state index contributed by atoms with van der Waals surface area (Å²) in [6, 6.07) is 14.8. The zero-order valence-corrected chi connectivity index (χ0v) is 21.0. The second-order valence-corrected chi connectivity index (χ2v) is 8.46. The molecule has 9 heteroatoms. The van der Waals surface area contributed by atoms with Crippen LogP contribution in [0.15, 0.2) is 54.6 Å². The molecule has 0 aliphatic rings. The molecule has 2 aromatic carbocycles. The van der Waals surface area contributed by atoms with Gasteiger partial charge >= 0.3 is 11.9 Å². The van der Waals surface area contributed by atoms with Gasteiger partial charge in [-0.15, -0.1) is 0 Å². The first kappa shape index (κ1) is 26.7. The van der Waals surface area contributed by atoms with Crippen molar-refractivity contribution in [3.8, 4) is 0 Å². The average molecular weight is 511 g/mol. The number of amides is 1. The third-order valence-electron chi connectivity index (χ3n) is 5.56. The molecule has 1 aromatic heterocycles. The lowest BCUT2D eigenvalue weighted by Gasteiger charge is -2.19. The van der Waals surface area contributed by atoms with Crippen molar-refractivity contribution in [1.82, 2.24) is 10.3 Å². The van der Waals surface area contributed by atoms with Crippen LogP contribution in [0.2, 0.25) is 5.02 Å². The molecule has 1 atom stereocenters. The van der Waals surface area contributed by atoms with E-state index in [1.165, 1.54) is 0 Å². The Morgan fingerprint density at radius 1 is 0.972 bits per heavy atom.